The second-order valence-electron chi connectivity index (χ2n) is 7.71. The van der Waals surface area contributed by atoms with Crippen molar-refractivity contribution < 1.29 is 18.7 Å². The quantitative estimate of drug-likeness (QED) is 0.569. The summed E-state index contributed by atoms with van der Waals surface area (Å²) in [5.74, 6) is -0.621. The summed E-state index contributed by atoms with van der Waals surface area (Å²) in [5, 5.41) is 3.05. The molecule has 5 nitrogen and oxygen atoms in total. The molecule has 0 aliphatic carbocycles. The lowest BCUT2D eigenvalue weighted by Gasteiger charge is -2.17. The first-order chi connectivity index (χ1) is 15.4. The molecule has 3 aromatic carbocycles. The maximum Gasteiger partial charge on any atom is 0.278 e. The van der Waals surface area contributed by atoms with Crippen molar-refractivity contribution in [2.45, 2.75) is 20.4 Å². The van der Waals surface area contributed by atoms with Gasteiger partial charge in [0.15, 0.2) is 0 Å². The predicted molar refractivity (Wildman–Crippen MR) is 121 cm³/mol. The van der Waals surface area contributed by atoms with Gasteiger partial charge in [-0.25, -0.2) is 4.39 Å². The zero-order chi connectivity index (χ0) is 22.8. The molecule has 1 N–H and O–H groups in total. The van der Waals surface area contributed by atoms with Gasteiger partial charge in [0.25, 0.3) is 11.8 Å². The average Bonchev–Trinajstić information content (AvgIpc) is 3.00. The van der Waals surface area contributed by atoms with Gasteiger partial charge in [-0.15, -0.1) is 0 Å². The van der Waals surface area contributed by atoms with E-state index in [4.69, 9.17) is 4.74 Å². The molecule has 6 heteroatoms. The average molecular weight is 430 g/mol. The van der Waals surface area contributed by atoms with E-state index in [1.165, 1.54) is 29.2 Å². The highest BCUT2D eigenvalue weighted by Crippen LogP contribution is 2.34. The van der Waals surface area contributed by atoms with Crippen molar-refractivity contribution in [2.75, 3.05) is 12.4 Å². The number of hydrogen-bond acceptors (Lipinski definition) is 4. The Morgan fingerprint density at radius 3 is 2.34 bits per heavy atom. The lowest BCUT2D eigenvalue weighted by molar-refractivity contribution is -0.137. The van der Waals surface area contributed by atoms with Gasteiger partial charge in [0.2, 0.25) is 0 Å². The first kappa shape index (κ1) is 21.3. The number of aryl methyl sites for hydroxylation is 2. The number of nitrogens with one attached hydrogen (secondary N) is 1. The lowest BCUT2D eigenvalue weighted by Crippen LogP contribution is -2.32. The number of carbonyl (C=O) groups excluding carboxylic acids is 2. The van der Waals surface area contributed by atoms with Gasteiger partial charge in [-0.1, -0.05) is 42.0 Å². The third-order valence-electron chi connectivity index (χ3n) is 5.45. The molecule has 0 saturated heterocycles. The fourth-order valence-electron chi connectivity index (χ4n) is 3.86. The SMILES string of the molecule is COc1ccccc1CN1C(=O)C(Nc2ccc(F)cc2)=C(c2ccc(C)cc2C)C1=O. The number of halogens is 1. The van der Waals surface area contributed by atoms with Gasteiger partial charge < -0.3 is 10.1 Å². The standard InChI is InChI=1S/C26H23FN2O3/c1-16-8-13-21(17(2)14-16)23-24(28-20-11-9-19(27)10-12-20)26(31)29(25(23)30)15-18-6-4-5-7-22(18)32-3/h4-14,28H,15H2,1-3H3. The number of ether oxygens (including phenoxy) is 1. The maximum atomic E-state index is 13.5. The molecule has 0 radical (unpaired) electrons. The summed E-state index contributed by atoms with van der Waals surface area (Å²) in [6, 6.07) is 18.7. The van der Waals surface area contributed by atoms with Gasteiger partial charge in [0, 0.05) is 11.3 Å². The van der Waals surface area contributed by atoms with Crippen LogP contribution in [0.3, 0.4) is 0 Å². The molecule has 1 aliphatic heterocycles. The summed E-state index contributed by atoms with van der Waals surface area (Å²) in [4.78, 5) is 28.1. The van der Waals surface area contributed by atoms with Crippen LogP contribution >= 0.6 is 0 Å². The van der Waals surface area contributed by atoms with Crippen LogP contribution in [0.1, 0.15) is 22.3 Å². The third-order valence-corrected chi connectivity index (χ3v) is 5.45. The van der Waals surface area contributed by atoms with E-state index in [0.717, 1.165) is 16.7 Å². The van der Waals surface area contributed by atoms with Gasteiger partial charge in [-0.05, 0) is 55.3 Å². The molecule has 32 heavy (non-hydrogen) atoms. The second-order valence-corrected chi connectivity index (χ2v) is 7.71. The molecule has 162 valence electrons. The minimum absolute atomic E-state index is 0.0741. The third kappa shape index (κ3) is 3.99. The number of methoxy groups -OCH3 is 1. The number of rotatable bonds is 6. The number of anilines is 1. The molecule has 1 heterocycles. The Labute approximate surface area is 186 Å². The number of imide groups is 1. The molecule has 0 atom stereocenters. The molecule has 0 fully saturated rings. The summed E-state index contributed by atoms with van der Waals surface area (Å²) in [7, 11) is 1.55. The normalized spacial score (nSPS) is 13.7. The van der Waals surface area contributed by atoms with Crippen LogP contribution in [0.4, 0.5) is 10.1 Å². The van der Waals surface area contributed by atoms with Gasteiger partial charge in [0.05, 0.1) is 19.2 Å². The van der Waals surface area contributed by atoms with Crippen molar-refractivity contribution >= 4 is 23.1 Å². The summed E-state index contributed by atoms with van der Waals surface area (Å²) < 4.78 is 18.8. The van der Waals surface area contributed by atoms with E-state index in [9.17, 15) is 14.0 Å². The van der Waals surface area contributed by atoms with Crippen LogP contribution in [0.25, 0.3) is 5.57 Å². The molecular formula is C26H23FN2O3. The number of hydrogen-bond donors (Lipinski definition) is 1. The number of amides is 2. The van der Waals surface area contributed by atoms with E-state index in [-0.39, 0.29) is 18.1 Å². The monoisotopic (exact) mass is 430 g/mol. The maximum absolute atomic E-state index is 13.5. The van der Waals surface area contributed by atoms with E-state index < -0.39 is 11.8 Å². The van der Waals surface area contributed by atoms with Crippen molar-refractivity contribution in [3.8, 4) is 5.75 Å². The van der Waals surface area contributed by atoms with Gasteiger partial charge in [-0.3, -0.25) is 14.5 Å². The summed E-state index contributed by atoms with van der Waals surface area (Å²) in [6.07, 6.45) is 0. The van der Waals surface area contributed by atoms with E-state index in [1.807, 2.05) is 50.2 Å². The molecule has 0 unspecified atom stereocenters. The minimum Gasteiger partial charge on any atom is -0.496 e. The molecule has 1 aliphatic rings. The Balaban J connectivity index is 1.78. The molecule has 4 rings (SSSR count). The highest BCUT2D eigenvalue weighted by atomic mass is 19.1. The van der Waals surface area contributed by atoms with Crippen LogP contribution in [0.2, 0.25) is 0 Å². The molecule has 0 bridgehead atoms. The smallest absolute Gasteiger partial charge is 0.278 e. The number of benzene rings is 3. The van der Waals surface area contributed by atoms with Crippen molar-refractivity contribution in [3.05, 3.63) is 100 Å². The summed E-state index contributed by atoms with van der Waals surface area (Å²) in [6.45, 7) is 3.95. The van der Waals surface area contributed by atoms with Crippen molar-refractivity contribution in [3.63, 3.8) is 0 Å². The highest BCUT2D eigenvalue weighted by Gasteiger charge is 2.40. The first-order valence-electron chi connectivity index (χ1n) is 10.2. The molecular weight excluding hydrogens is 407 g/mol. The summed E-state index contributed by atoms with van der Waals surface area (Å²) >= 11 is 0. The Morgan fingerprint density at radius 1 is 0.938 bits per heavy atom. The Kier molecular flexibility index (Phi) is 5.77. The van der Waals surface area contributed by atoms with E-state index in [2.05, 4.69) is 5.32 Å². The number of para-hydroxylation sites is 1. The fourth-order valence-corrected chi connectivity index (χ4v) is 3.86. The van der Waals surface area contributed by atoms with Crippen molar-refractivity contribution in [2.24, 2.45) is 0 Å². The lowest BCUT2D eigenvalue weighted by atomic mass is 9.97. The topological polar surface area (TPSA) is 58.6 Å². The summed E-state index contributed by atoms with van der Waals surface area (Å²) in [5.41, 5.74) is 4.33. The van der Waals surface area contributed by atoms with Gasteiger partial charge >= 0.3 is 0 Å². The van der Waals surface area contributed by atoms with Crippen LogP contribution in [0, 0.1) is 19.7 Å². The highest BCUT2D eigenvalue weighted by molar-refractivity contribution is 6.36. The zero-order valence-corrected chi connectivity index (χ0v) is 18.1. The Hall–Kier alpha value is -3.93. The first-order valence-corrected chi connectivity index (χ1v) is 10.2. The molecule has 2 amide bonds. The predicted octanol–water partition coefficient (Wildman–Crippen LogP) is 4.84. The van der Waals surface area contributed by atoms with Crippen LogP contribution in [-0.4, -0.2) is 23.8 Å². The molecule has 0 aromatic heterocycles. The van der Waals surface area contributed by atoms with E-state index in [0.29, 0.717) is 22.6 Å². The van der Waals surface area contributed by atoms with Crippen LogP contribution in [0.15, 0.2) is 72.4 Å². The van der Waals surface area contributed by atoms with Crippen molar-refractivity contribution in [1.29, 1.82) is 0 Å². The largest absolute Gasteiger partial charge is 0.496 e. The number of nitrogens with zero attached hydrogens (tertiary/aromatic N) is 1. The van der Waals surface area contributed by atoms with Gasteiger partial charge in [0.1, 0.15) is 17.3 Å². The van der Waals surface area contributed by atoms with Gasteiger partial charge in [-0.2, -0.15) is 0 Å². The van der Waals surface area contributed by atoms with Crippen LogP contribution in [-0.2, 0) is 16.1 Å². The molecule has 0 saturated carbocycles. The number of carbonyl (C=O) groups is 2. The van der Waals surface area contributed by atoms with Crippen molar-refractivity contribution in [1.82, 2.24) is 4.90 Å². The minimum atomic E-state index is -0.444. The Morgan fingerprint density at radius 2 is 1.66 bits per heavy atom. The molecule has 3 aromatic rings. The second kappa shape index (κ2) is 8.67. The van der Waals surface area contributed by atoms with Crippen LogP contribution < -0.4 is 10.1 Å². The van der Waals surface area contributed by atoms with E-state index >= 15 is 0 Å². The Bertz CT molecular complexity index is 1230. The van der Waals surface area contributed by atoms with E-state index in [1.54, 1.807) is 13.2 Å². The van der Waals surface area contributed by atoms with Crippen LogP contribution in [0.5, 0.6) is 5.75 Å². The zero-order valence-electron chi connectivity index (χ0n) is 18.1. The fraction of sp³-hybridized carbons (Fsp3) is 0.154. The molecule has 0 spiro atoms.